The molecule has 0 aliphatic rings. The number of nitrogens with one attached hydrogen (secondary N) is 2. The summed E-state index contributed by atoms with van der Waals surface area (Å²) < 4.78 is 6.39. The van der Waals surface area contributed by atoms with E-state index in [2.05, 4.69) is 61.4 Å². The number of benzene rings is 1. The van der Waals surface area contributed by atoms with E-state index < -0.39 is 0 Å². The fourth-order valence-corrected chi connectivity index (χ4v) is 2.84. The van der Waals surface area contributed by atoms with Crippen molar-refractivity contribution < 1.29 is 4.74 Å². The van der Waals surface area contributed by atoms with Crippen LogP contribution < -0.4 is 10.1 Å². The summed E-state index contributed by atoms with van der Waals surface area (Å²) >= 11 is 0. The normalized spacial score (nSPS) is 13.8. The number of aromatic nitrogens is 2. The zero-order chi connectivity index (χ0) is 16.8. The summed E-state index contributed by atoms with van der Waals surface area (Å²) in [5.41, 5.74) is 4.60. The van der Waals surface area contributed by atoms with Gasteiger partial charge in [0, 0.05) is 17.8 Å². The zero-order valence-electron chi connectivity index (χ0n) is 14.9. The van der Waals surface area contributed by atoms with Crippen molar-refractivity contribution in [3.05, 3.63) is 46.8 Å². The van der Waals surface area contributed by atoms with Crippen LogP contribution in [-0.4, -0.2) is 17.2 Å². The van der Waals surface area contributed by atoms with Gasteiger partial charge < -0.3 is 10.1 Å². The minimum absolute atomic E-state index is 0.0338. The van der Waals surface area contributed by atoms with Crippen molar-refractivity contribution >= 4 is 0 Å². The number of aryl methyl sites for hydroxylation is 1. The molecule has 0 radical (unpaired) electrons. The molecule has 0 saturated carbocycles. The van der Waals surface area contributed by atoms with Crippen molar-refractivity contribution in [2.75, 3.05) is 7.05 Å². The van der Waals surface area contributed by atoms with E-state index in [1.54, 1.807) is 0 Å². The third-order valence-electron chi connectivity index (χ3n) is 4.47. The van der Waals surface area contributed by atoms with Gasteiger partial charge in [-0.1, -0.05) is 39.0 Å². The van der Waals surface area contributed by atoms with Crippen LogP contribution in [0.3, 0.4) is 0 Å². The summed E-state index contributed by atoms with van der Waals surface area (Å²) in [5.74, 6) is 1.46. The number of rotatable bonds is 8. The van der Waals surface area contributed by atoms with Gasteiger partial charge in [-0.25, -0.2) is 0 Å². The van der Waals surface area contributed by atoms with Crippen molar-refractivity contribution in [1.29, 1.82) is 0 Å². The van der Waals surface area contributed by atoms with E-state index in [9.17, 15) is 0 Å². The van der Waals surface area contributed by atoms with E-state index in [4.69, 9.17) is 4.74 Å². The van der Waals surface area contributed by atoms with Gasteiger partial charge in [-0.05, 0) is 44.4 Å². The summed E-state index contributed by atoms with van der Waals surface area (Å²) in [6, 6.07) is 8.36. The lowest BCUT2D eigenvalue weighted by Gasteiger charge is -2.21. The first-order valence-corrected chi connectivity index (χ1v) is 8.56. The number of hydrogen-bond donors (Lipinski definition) is 2. The minimum atomic E-state index is -0.0338. The average Bonchev–Trinajstić information content (AvgIpc) is 2.93. The predicted molar refractivity (Wildman–Crippen MR) is 94.9 cm³/mol. The Morgan fingerprint density at radius 1 is 1.22 bits per heavy atom. The molecular formula is C19H29N3O. The van der Waals surface area contributed by atoms with Gasteiger partial charge in [0.25, 0.3) is 0 Å². The van der Waals surface area contributed by atoms with Gasteiger partial charge in [-0.2, -0.15) is 5.10 Å². The van der Waals surface area contributed by atoms with Crippen LogP contribution in [0.25, 0.3) is 0 Å². The van der Waals surface area contributed by atoms with Crippen LogP contribution in [0.5, 0.6) is 5.75 Å². The van der Waals surface area contributed by atoms with Gasteiger partial charge in [-0.15, -0.1) is 0 Å². The maximum absolute atomic E-state index is 6.39. The van der Waals surface area contributed by atoms with Crippen LogP contribution in [0.2, 0.25) is 0 Å². The van der Waals surface area contributed by atoms with Crippen LogP contribution in [0.15, 0.2) is 24.3 Å². The number of para-hydroxylation sites is 1. The van der Waals surface area contributed by atoms with E-state index >= 15 is 0 Å². The predicted octanol–water partition coefficient (Wildman–Crippen LogP) is 4.48. The Kier molecular flexibility index (Phi) is 6.22. The number of aromatic amines is 1. The molecule has 0 bridgehead atoms. The second-order valence-electron chi connectivity index (χ2n) is 6.10. The molecule has 2 aromatic rings. The van der Waals surface area contributed by atoms with Crippen LogP contribution in [0, 0.1) is 6.92 Å². The molecule has 2 rings (SSSR count). The number of ether oxygens (including phenoxy) is 1. The molecule has 1 aromatic heterocycles. The van der Waals surface area contributed by atoms with Gasteiger partial charge in [0.1, 0.15) is 17.5 Å². The second kappa shape index (κ2) is 8.16. The topological polar surface area (TPSA) is 49.9 Å². The smallest absolute Gasteiger partial charge is 0.142 e. The Morgan fingerprint density at radius 2 is 1.96 bits per heavy atom. The first kappa shape index (κ1) is 17.5. The summed E-state index contributed by atoms with van der Waals surface area (Å²) in [4.78, 5) is 0. The second-order valence-corrected chi connectivity index (χ2v) is 6.10. The van der Waals surface area contributed by atoms with Crippen LogP contribution in [-0.2, 0) is 6.54 Å². The average molecular weight is 315 g/mol. The molecule has 0 saturated heterocycles. The Hall–Kier alpha value is -1.81. The maximum Gasteiger partial charge on any atom is 0.142 e. The number of H-pyrrole nitrogens is 1. The standard InChI is InChI=1S/C19H29N3O/c1-6-13(3)15-10-8-9-11-18(15)23-17(7-2)19-16(12-20-5)14(4)21-22-19/h8-11,13,17,20H,6-7,12H2,1-5H3,(H,21,22). The van der Waals surface area contributed by atoms with Crippen molar-refractivity contribution in [2.24, 2.45) is 0 Å². The van der Waals surface area contributed by atoms with Crippen molar-refractivity contribution in [3.63, 3.8) is 0 Å². The van der Waals surface area contributed by atoms with Crippen LogP contribution >= 0.6 is 0 Å². The van der Waals surface area contributed by atoms with Gasteiger partial charge in [0.2, 0.25) is 0 Å². The molecule has 4 nitrogen and oxygen atoms in total. The minimum Gasteiger partial charge on any atom is -0.484 e. The zero-order valence-corrected chi connectivity index (χ0v) is 14.9. The van der Waals surface area contributed by atoms with E-state index in [-0.39, 0.29) is 6.10 Å². The molecule has 2 N–H and O–H groups in total. The lowest BCUT2D eigenvalue weighted by molar-refractivity contribution is 0.192. The summed E-state index contributed by atoms with van der Waals surface area (Å²) in [7, 11) is 1.95. The number of hydrogen-bond acceptors (Lipinski definition) is 3. The molecule has 1 aromatic carbocycles. The lowest BCUT2D eigenvalue weighted by atomic mass is 9.97. The highest BCUT2D eigenvalue weighted by atomic mass is 16.5. The molecule has 126 valence electrons. The van der Waals surface area contributed by atoms with Gasteiger partial charge in [0.05, 0.1) is 0 Å². The fourth-order valence-electron chi connectivity index (χ4n) is 2.84. The molecule has 0 spiro atoms. The van der Waals surface area contributed by atoms with Crippen molar-refractivity contribution in [3.8, 4) is 5.75 Å². The largest absolute Gasteiger partial charge is 0.484 e. The maximum atomic E-state index is 6.39. The van der Waals surface area contributed by atoms with E-state index in [0.717, 1.165) is 36.5 Å². The molecule has 0 aliphatic heterocycles. The van der Waals surface area contributed by atoms with E-state index in [0.29, 0.717) is 5.92 Å². The lowest BCUT2D eigenvalue weighted by Crippen LogP contribution is -2.14. The summed E-state index contributed by atoms with van der Waals surface area (Å²) in [5, 5.41) is 10.8. The Bertz CT molecular complexity index is 621. The van der Waals surface area contributed by atoms with E-state index in [1.807, 2.05) is 13.1 Å². The first-order valence-electron chi connectivity index (χ1n) is 8.56. The molecule has 1 heterocycles. The molecule has 23 heavy (non-hydrogen) atoms. The Morgan fingerprint density at radius 3 is 2.61 bits per heavy atom. The molecule has 0 aliphatic carbocycles. The summed E-state index contributed by atoms with van der Waals surface area (Å²) in [6.07, 6.45) is 1.95. The van der Waals surface area contributed by atoms with Crippen LogP contribution in [0.4, 0.5) is 0 Å². The van der Waals surface area contributed by atoms with E-state index in [1.165, 1.54) is 11.1 Å². The first-order chi connectivity index (χ1) is 11.1. The van der Waals surface area contributed by atoms with Crippen molar-refractivity contribution in [2.45, 2.75) is 59.1 Å². The van der Waals surface area contributed by atoms with Crippen molar-refractivity contribution in [1.82, 2.24) is 15.5 Å². The Labute approximate surface area is 139 Å². The fraction of sp³-hybridized carbons (Fsp3) is 0.526. The summed E-state index contributed by atoms with van der Waals surface area (Å²) in [6.45, 7) is 9.45. The number of nitrogens with zero attached hydrogens (tertiary/aromatic N) is 1. The molecule has 0 fully saturated rings. The molecular weight excluding hydrogens is 286 g/mol. The highest BCUT2D eigenvalue weighted by Gasteiger charge is 2.22. The van der Waals surface area contributed by atoms with Gasteiger partial charge in [0.15, 0.2) is 0 Å². The quantitative estimate of drug-likeness (QED) is 0.755. The highest BCUT2D eigenvalue weighted by Crippen LogP contribution is 2.33. The third-order valence-corrected chi connectivity index (χ3v) is 4.47. The monoisotopic (exact) mass is 315 g/mol. The SMILES string of the molecule is CCC(C)c1ccccc1OC(CC)c1n[nH]c(C)c1CNC. The van der Waals surface area contributed by atoms with Gasteiger partial charge in [-0.3, -0.25) is 5.10 Å². The molecule has 2 atom stereocenters. The van der Waals surface area contributed by atoms with Crippen LogP contribution in [0.1, 0.15) is 68.1 Å². The molecule has 2 unspecified atom stereocenters. The molecule has 4 heteroatoms. The third kappa shape index (κ3) is 3.94. The van der Waals surface area contributed by atoms with Gasteiger partial charge >= 0.3 is 0 Å². The highest BCUT2D eigenvalue weighted by molar-refractivity contribution is 5.37. The Balaban J connectivity index is 2.31. The molecule has 0 amide bonds.